The molecule has 0 saturated carbocycles. The summed E-state index contributed by atoms with van der Waals surface area (Å²) in [6.45, 7) is 3.66. The molecule has 0 fully saturated rings. The molecule has 0 spiro atoms. The quantitative estimate of drug-likeness (QED) is 0.746. The van der Waals surface area contributed by atoms with Crippen molar-refractivity contribution in [2.24, 2.45) is 0 Å². The summed E-state index contributed by atoms with van der Waals surface area (Å²) < 4.78 is 16.0. The van der Waals surface area contributed by atoms with E-state index in [9.17, 15) is 9.18 Å². The number of benzene rings is 2. The number of amides is 1. The van der Waals surface area contributed by atoms with Crippen LogP contribution in [0.2, 0.25) is 0 Å². The fourth-order valence-electron chi connectivity index (χ4n) is 3.19. The van der Waals surface area contributed by atoms with Gasteiger partial charge >= 0.3 is 0 Å². The van der Waals surface area contributed by atoms with Gasteiger partial charge in [-0.05, 0) is 42.0 Å². The van der Waals surface area contributed by atoms with Crippen LogP contribution in [0, 0.1) is 12.7 Å². The zero-order valence-corrected chi connectivity index (χ0v) is 14.8. The van der Waals surface area contributed by atoms with E-state index in [-0.39, 0.29) is 5.91 Å². The van der Waals surface area contributed by atoms with Crippen LogP contribution in [-0.4, -0.2) is 26.1 Å². The van der Waals surface area contributed by atoms with Gasteiger partial charge in [0.15, 0.2) is 0 Å². The Morgan fingerprint density at radius 1 is 1.15 bits per heavy atom. The molecular weight excluding hydrogens is 347 g/mol. The number of aryl methyl sites for hydroxylation is 1. The monoisotopic (exact) mass is 364 g/mol. The van der Waals surface area contributed by atoms with Crippen LogP contribution in [0.4, 0.5) is 16.0 Å². The fourth-order valence-corrected chi connectivity index (χ4v) is 3.19. The van der Waals surface area contributed by atoms with Crippen molar-refractivity contribution in [2.45, 2.75) is 19.9 Å². The van der Waals surface area contributed by atoms with Gasteiger partial charge in [0.2, 0.25) is 5.95 Å². The molecule has 0 saturated heterocycles. The number of tetrazole rings is 1. The Kier molecular flexibility index (Phi) is 4.15. The number of rotatable bonds is 3. The number of anilines is 2. The van der Waals surface area contributed by atoms with Gasteiger partial charge in [-0.15, -0.1) is 0 Å². The number of hydrogen-bond donors (Lipinski definition) is 2. The first kappa shape index (κ1) is 16.9. The van der Waals surface area contributed by atoms with E-state index >= 15 is 0 Å². The highest BCUT2D eigenvalue weighted by Crippen LogP contribution is 2.36. The SMILES string of the molecule is CC1=C(C(=O)Nc2ccccc2C)[C@H](c2ccccc2F)n2nnnc2N1. The van der Waals surface area contributed by atoms with E-state index in [4.69, 9.17) is 0 Å². The number of nitrogens with zero attached hydrogens (tertiary/aromatic N) is 4. The summed E-state index contributed by atoms with van der Waals surface area (Å²) >= 11 is 0. The van der Waals surface area contributed by atoms with Gasteiger partial charge in [-0.25, -0.2) is 4.39 Å². The smallest absolute Gasteiger partial charge is 0.255 e. The van der Waals surface area contributed by atoms with Crippen molar-refractivity contribution in [1.82, 2.24) is 20.2 Å². The van der Waals surface area contributed by atoms with Crippen LogP contribution in [0.1, 0.15) is 24.1 Å². The lowest BCUT2D eigenvalue weighted by molar-refractivity contribution is -0.113. The van der Waals surface area contributed by atoms with Crippen LogP contribution < -0.4 is 10.6 Å². The Morgan fingerprint density at radius 3 is 2.67 bits per heavy atom. The summed E-state index contributed by atoms with van der Waals surface area (Å²) in [5.74, 6) is -0.420. The Hall–Kier alpha value is -3.55. The molecule has 2 N–H and O–H groups in total. The fraction of sp³-hybridized carbons (Fsp3) is 0.158. The van der Waals surface area contributed by atoms with Gasteiger partial charge in [0.25, 0.3) is 5.91 Å². The first-order chi connectivity index (χ1) is 13.1. The first-order valence-corrected chi connectivity index (χ1v) is 8.43. The molecule has 0 aliphatic carbocycles. The van der Waals surface area contributed by atoms with E-state index in [1.54, 1.807) is 25.1 Å². The van der Waals surface area contributed by atoms with Gasteiger partial charge < -0.3 is 10.6 Å². The standard InChI is InChI=1S/C19H17FN6O/c1-11-7-3-6-10-15(11)22-18(27)16-12(2)21-19-23-24-25-26(19)17(16)13-8-4-5-9-14(13)20/h3-10,17H,1-2H3,(H,22,27)(H,21,23,25)/t17-/m0/s1. The highest BCUT2D eigenvalue weighted by Gasteiger charge is 2.35. The summed E-state index contributed by atoms with van der Waals surface area (Å²) in [5.41, 5.74) is 2.86. The lowest BCUT2D eigenvalue weighted by Crippen LogP contribution is -2.32. The van der Waals surface area contributed by atoms with Crippen LogP contribution in [-0.2, 0) is 4.79 Å². The number of carbonyl (C=O) groups excluding carboxylic acids is 1. The van der Waals surface area contributed by atoms with E-state index in [0.717, 1.165) is 5.56 Å². The maximum atomic E-state index is 14.6. The number of allylic oxidation sites excluding steroid dienone is 1. The molecule has 27 heavy (non-hydrogen) atoms. The number of carbonyl (C=O) groups is 1. The number of fused-ring (bicyclic) bond motifs is 1. The van der Waals surface area contributed by atoms with E-state index in [2.05, 4.69) is 26.2 Å². The minimum absolute atomic E-state index is 0.321. The third-order valence-corrected chi connectivity index (χ3v) is 4.55. The Balaban J connectivity index is 1.80. The highest BCUT2D eigenvalue weighted by atomic mass is 19.1. The second kappa shape index (κ2) is 6.64. The summed E-state index contributed by atoms with van der Waals surface area (Å²) in [7, 11) is 0. The van der Waals surface area contributed by atoms with Crippen LogP contribution in [0.3, 0.4) is 0 Å². The Labute approximate surface area is 154 Å². The van der Waals surface area contributed by atoms with Crippen molar-refractivity contribution in [3.8, 4) is 0 Å². The molecule has 136 valence electrons. The summed E-state index contributed by atoms with van der Waals surface area (Å²) in [5, 5.41) is 17.4. The third-order valence-electron chi connectivity index (χ3n) is 4.55. The van der Waals surface area contributed by atoms with Gasteiger partial charge in [0.05, 0.1) is 5.57 Å². The van der Waals surface area contributed by atoms with Crippen molar-refractivity contribution in [3.63, 3.8) is 0 Å². The van der Waals surface area contributed by atoms with Crippen molar-refractivity contribution in [1.29, 1.82) is 0 Å². The number of para-hydroxylation sites is 1. The van der Waals surface area contributed by atoms with Crippen molar-refractivity contribution in [3.05, 3.63) is 76.7 Å². The molecule has 0 radical (unpaired) electrons. The molecule has 4 rings (SSSR count). The van der Waals surface area contributed by atoms with Crippen molar-refractivity contribution < 1.29 is 9.18 Å². The van der Waals surface area contributed by atoms with Crippen molar-refractivity contribution >= 4 is 17.5 Å². The summed E-state index contributed by atoms with van der Waals surface area (Å²) in [4.78, 5) is 13.1. The molecule has 0 unspecified atom stereocenters. The molecule has 2 aromatic carbocycles. The molecular formula is C19H17FN6O. The zero-order valence-electron chi connectivity index (χ0n) is 14.8. The Bertz CT molecular complexity index is 1060. The lowest BCUT2D eigenvalue weighted by atomic mass is 9.94. The average Bonchev–Trinajstić information content (AvgIpc) is 3.11. The molecule has 1 aliphatic rings. The highest BCUT2D eigenvalue weighted by molar-refractivity contribution is 6.06. The van der Waals surface area contributed by atoms with Gasteiger partial charge in [-0.2, -0.15) is 4.68 Å². The molecule has 1 atom stereocenters. The molecule has 8 heteroatoms. The zero-order chi connectivity index (χ0) is 19.0. The Morgan fingerprint density at radius 2 is 1.89 bits per heavy atom. The molecule has 2 heterocycles. The van der Waals surface area contributed by atoms with Gasteiger partial charge in [-0.3, -0.25) is 4.79 Å². The van der Waals surface area contributed by atoms with E-state index in [1.165, 1.54) is 10.7 Å². The molecule has 3 aromatic rings. The molecule has 1 aliphatic heterocycles. The number of aromatic nitrogens is 4. The van der Waals surface area contributed by atoms with Crippen LogP contribution in [0.25, 0.3) is 0 Å². The minimum atomic E-state index is -0.776. The molecule has 7 nitrogen and oxygen atoms in total. The second-order valence-corrected chi connectivity index (χ2v) is 6.30. The van der Waals surface area contributed by atoms with Gasteiger partial charge in [-0.1, -0.05) is 41.5 Å². The topological polar surface area (TPSA) is 84.7 Å². The largest absolute Gasteiger partial charge is 0.326 e. The minimum Gasteiger partial charge on any atom is -0.326 e. The molecule has 1 aromatic heterocycles. The van der Waals surface area contributed by atoms with E-state index in [0.29, 0.717) is 28.5 Å². The molecule has 0 bridgehead atoms. The van der Waals surface area contributed by atoms with Crippen LogP contribution in [0.5, 0.6) is 0 Å². The summed E-state index contributed by atoms with van der Waals surface area (Å²) in [6.07, 6.45) is 0. The number of hydrogen-bond acceptors (Lipinski definition) is 5. The van der Waals surface area contributed by atoms with Gasteiger partial charge in [0, 0.05) is 16.9 Å². The summed E-state index contributed by atoms with van der Waals surface area (Å²) in [6, 6.07) is 13.0. The second-order valence-electron chi connectivity index (χ2n) is 6.30. The third kappa shape index (κ3) is 2.95. The maximum absolute atomic E-state index is 14.6. The predicted octanol–water partition coefficient (Wildman–Crippen LogP) is 3.05. The van der Waals surface area contributed by atoms with E-state index in [1.807, 2.05) is 31.2 Å². The number of nitrogens with one attached hydrogen (secondary N) is 2. The maximum Gasteiger partial charge on any atom is 0.255 e. The first-order valence-electron chi connectivity index (χ1n) is 8.43. The van der Waals surface area contributed by atoms with Crippen molar-refractivity contribution in [2.75, 3.05) is 10.6 Å². The number of halogens is 1. The van der Waals surface area contributed by atoms with Crippen LogP contribution >= 0.6 is 0 Å². The normalized spacial score (nSPS) is 15.9. The predicted molar refractivity (Wildman–Crippen MR) is 98.5 cm³/mol. The van der Waals surface area contributed by atoms with E-state index < -0.39 is 11.9 Å². The van der Waals surface area contributed by atoms with Gasteiger partial charge in [0.1, 0.15) is 11.9 Å². The van der Waals surface area contributed by atoms with Crippen LogP contribution in [0.15, 0.2) is 59.8 Å². The molecule has 1 amide bonds. The average molecular weight is 364 g/mol. The lowest BCUT2D eigenvalue weighted by Gasteiger charge is -2.28.